The number of alkyl halides is 1. The van der Waals surface area contributed by atoms with Crippen LogP contribution in [0.3, 0.4) is 0 Å². The average Bonchev–Trinajstić information content (AvgIpc) is 2.73. The number of hydrogen-bond acceptors (Lipinski definition) is 0. The molecule has 0 aliphatic rings. The summed E-state index contributed by atoms with van der Waals surface area (Å²) in [4.78, 5) is 0. The van der Waals surface area contributed by atoms with Crippen molar-refractivity contribution in [1.29, 1.82) is 0 Å². The molecule has 0 aliphatic heterocycles. The normalized spacial score (nSPS) is 10.6. The quantitative estimate of drug-likeness (QED) is 0.0599. The van der Waals surface area contributed by atoms with Gasteiger partial charge in [-0.05, 0) is 75.5 Å². The van der Waals surface area contributed by atoms with Gasteiger partial charge in [-0.2, -0.15) is 0 Å². The van der Waals surface area contributed by atoms with Crippen molar-refractivity contribution in [3.8, 4) is 0 Å². The Hall–Kier alpha value is 2.25. The molecule has 0 aromatic rings. The van der Waals surface area contributed by atoms with E-state index in [1.54, 1.807) is 37.0 Å². The summed E-state index contributed by atoms with van der Waals surface area (Å²) in [6.07, 6.45) is 26.4. The fourth-order valence-electron chi connectivity index (χ4n) is 2.96. The summed E-state index contributed by atoms with van der Waals surface area (Å²) in [5, 5.41) is 0. The molecule has 0 fully saturated rings. The third-order valence-electron chi connectivity index (χ3n) is 4.97. The number of rotatable bonds is 18. The minimum atomic E-state index is 0.422. The van der Waals surface area contributed by atoms with Crippen LogP contribution < -0.4 is 0 Å². The van der Waals surface area contributed by atoms with Gasteiger partial charge in [0.25, 0.3) is 0 Å². The Morgan fingerprint density at radius 1 is 0.448 bits per heavy atom. The van der Waals surface area contributed by atoms with Gasteiger partial charge in [0.1, 0.15) is 0 Å². The average molecular weight is 652 g/mol. The number of hydrogen-bond donors (Lipinski definition) is 0. The van der Waals surface area contributed by atoms with Crippen molar-refractivity contribution in [2.75, 3.05) is 39.9 Å². The third kappa shape index (κ3) is 35.0. The molecule has 0 aromatic heterocycles. The van der Waals surface area contributed by atoms with Crippen molar-refractivity contribution in [3.63, 3.8) is 0 Å². The Bertz CT molecular complexity index is 193. The summed E-state index contributed by atoms with van der Waals surface area (Å²) in [5.41, 5.74) is 0. The number of unbranched alkanes of at least 4 members (excludes halogenated alkanes) is 6. The molecule has 0 spiro atoms. The van der Waals surface area contributed by atoms with E-state index < -0.39 is 0 Å². The summed E-state index contributed by atoms with van der Waals surface area (Å²) in [7, 11) is 0.843. The molecule has 0 rings (SSSR count). The summed E-state index contributed by atoms with van der Waals surface area (Å²) in [6, 6.07) is 0. The topological polar surface area (TPSA) is 0 Å². The Kier molecular flexibility index (Phi) is 43.1. The van der Waals surface area contributed by atoms with Gasteiger partial charge in [0.2, 0.25) is 0 Å². The first-order valence-electron chi connectivity index (χ1n) is 12.6. The van der Waals surface area contributed by atoms with Crippen LogP contribution in [0.15, 0.2) is 0 Å². The van der Waals surface area contributed by atoms with Crippen LogP contribution in [0.4, 0.5) is 0 Å². The van der Waals surface area contributed by atoms with Crippen LogP contribution in [-0.2, 0) is 19.2 Å². The van der Waals surface area contributed by atoms with Gasteiger partial charge in [0.05, 0.1) is 0 Å². The van der Waals surface area contributed by atoms with Crippen molar-refractivity contribution >= 4 is 38.4 Å². The minimum absolute atomic E-state index is 0.422. The molecule has 0 atom stereocenters. The second kappa shape index (κ2) is 34.9. The van der Waals surface area contributed by atoms with Crippen molar-refractivity contribution in [2.45, 2.75) is 119 Å². The van der Waals surface area contributed by atoms with Gasteiger partial charge >= 0.3 is 44.7 Å². The molecule has 0 saturated carbocycles. The first-order valence-corrected chi connectivity index (χ1v) is 19.1. The fourth-order valence-corrected chi connectivity index (χ4v) is 8.88. The van der Waals surface area contributed by atoms with E-state index in [1.165, 1.54) is 77.0 Å². The summed E-state index contributed by atoms with van der Waals surface area (Å²) in [6.45, 7) is 13.9. The van der Waals surface area contributed by atoms with Gasteiger partial charge in [-0.15, -0.1) is 15.8 Å². The molecule has 0 unspecified atom stereocenters. The molecule has 0 aromatic carbocycles. The zero-order valence-corrected chi connectivity index (χ0v) is 26.5. The predicted molar refractivity (Wildman–Crippen MR) is 151 cm³/mol. The molecule has 0 aliphatic carbocycles. The van der Waals surface area contributed by atoms with Crippen LogP contribution in [-0.4, -0.2) is 39.9 Å². The second-order valence-corrected chi connectivity index (χ2v) is 16.5. The van der Waals surface area contributed by atoms with E-state index in [0.717, 1.165) is 2.90 Å². The zero-order chi connectivity index (χ0) is 22.6. The SMILES string of the molecule is CCCCP(CCCC)CCCC.CCCCP(CCCC)CCCC.[Pd][CH2]I. The third-order valence-corrected chi connectivity index (χ3v) is 10.7. The second-order valence-electron chi connectivity index (χ2n) is 7.89. The van der Waals surface area contributed by atoms with Crippen LogP contribution in [0, 0.1) is 0 Å². The van der Waals surface area contributed by atoms with E-state index in [2.05, 4.69) is 83.3 Å². The monoisotopic (exact) mass is 651 g/mol. The molecule has 4 heteroatoms. The first kappa shape index (κ1) is 35.8. The molecular weight excluding hydrogens is 596 g/mol. The van der Waals surface area contributed by atoms with Crippen molar-refractivity contribution in [3.05, 3.63) is 0 Å². The van der Waals surface area contributed by atoms with Gasteiger partial charge in [-0.3, -0.25) is 0 Å². The zero-order valence-electron chi connectivity index (χ0n) is 21.0. The van der Waals surface area contributed by atoms with Crippen LogP contribution in [0.1, 0.15) is 119 Å². The molecule has 0 radical (unpaired) electrons. The van der Waals surface area contributed by atoms with Crippen molar-refractivity contribution in [1.82, 2.24) is 0 Å². The number of halogens is 1. The van der Waals surface area contributed by atoms with E-state index >= 15 is 0 Å². The Morgan fingerprint density at radius 3 is 0.690 bits per heavy atom. The van der Waals surface area contributed by atoms with Gasteiger partial charge in [-0.1, -0.05) is 80.1 Å². The molecule has 183 valence electrons. The summed E-state index contributed by atoms with van der Waals surface area (Å²) in [5.74, 6) is 0. The predicted octanol–water partition coefficient (Wildman–Crippen LogP) is 10.7. The molecule has 0 bridgehead atoms. The van der Waals surface area contributed by atoms with E-state index in [1.807, 2.05) is 0 Å². The molecule has 0 heterocycles. The van der Waals surface area contributed by atoms with E-state index in [0.29, 0.717) is 15.8 Å². The van der Waals surface area contributed by atoms with E-state index in [4.69, 9.17) is 0 Å². The molecular formula is C25H56IP2Pd. The maximum absolute atomic E-state index is 2.93. The maximum atomic E-state index is 2.93. The fraction of sp³-hybridized carbons (Fsp3) is 1.00. The van der Waals surface area contributed by atoms with E-state index in [-0.39, 0.29) is 0 Å². The molecule has 0 saturated heterocycles. The first-order chi connectivity index (χ1) is 14.1. The van der Waals surface area contributed by atoms with Crippen LogP contribution >= 0.6 is 38.4 Å². The molecule has 29 heavy (non-hydrogen) atoms. The van der Waals surface area contributed by atoms with Gasteiger partial charge in [0, 0.05) is 0 Å². The summed E-state index contributed by atoms with van der Waals surface area (Å²) < 4.78 is 1.07. The standard InChI is InChI=1S/2C12H27P.CH2I.Pd/c2*1-4-7-10-13(11-8-5-2)12-9-6-3;1-2;/h2*4-12H2,1-3H3;1H2;. The van der Waals surface area contributed by atoms with Gasteiger partial charge in [0.15, 0.2) is 0 Å². The molecule has 0 amide bonds. The molecule has 0 N–H and O–H groups in total. The van der Waals surface area contributed by atoms with Crippen LogP contribution in [0.5, 0.6) is 0 Å². The Morgan fingerprint density at radius 2 is 0.586 bits per heavy atom. The van der Waals surface area contributed by atoms with Crippen LogP contribution in [0.2, 0.25) is 0 Å². The van der Waals surface area contributed by atoms with Crippen LogP contribution in [0.25, 0.3) is 0 Å². The van der Waals surface area contributed by atoms with Crippen molar-refractivity contribution < 1.29 is 19.2 Å². The molecule has 0 nitrogen and oxygen atoms in total. The van der Waals surface area contributed by atoms with Gasteiger partial charge in [-0.25, -0.2) is 0 Å². The Balaban J connectivity index is -0.000000410. The van der Waals surface area contributed by atoms with Crippen molar-refractivity contribution in [2.24, 2.45) is 0 Å². The summed E-state index contributed by atoms with van der Waals surface area (Å²) >= 11 is 5.15. The Labute approximate surface area is 214 Å². The van der Waals surface area contributed by atoms with Gasteiger partial charge < -0.3 is 0 Å². The van der Waals surface area contributed by atoms with E-state index in [9.17, 15) is 0 Å².